The lowest BCUT2D eigenvalue weighted by Crippen LogP contribution is -2.58. The molecular formula is C16H21NO. The van der Waals surface area contributed by atoms with Crippen molar-refractivity contribution in [1.29, 1.82) is 0 Å². The third-order valence-electron chi connectivity index (χ3n) is 5.76. The van der Waals surface area contributed by atoms with Gasteiger partial charge in [-0.3, -0.25) is 4.98 Å². The van der Waals surface area contributed by atoms with E-state index >= 15 is 0 Å². The van der Waals surface area contributed by atoms with Crippen LogP contribution in [0.1, 0.15) is 37.7 Å². The summed E-state index contributed by atoms with van der Waals surface area (Å²) in [4.78, 5) is 4.19. The fraction of sp³-hybridized carbons (Fsp3) is 0.688. The van der Waals surface area contributed by atoms with E-state index in [1.807, 2.05) is 18.5 Å². The van der Waals surface area contributed by atoms with Crippen LogP contribution >= 0.6 is 0 Å². The van der Waals surface area contributed by atoms with Crippen molar-refractivity contribution in [2.24, 2.45) is 23.7 Å². The van der Waals surface area contributed by atoms with E-state index in [1.165, 1.54) is 37.7 Å². The number of hydrogen-bond donors (Lipinski definition) is 1. The van der Waals surface area contributed by atoms with E-state index in [4.69, 9.17) is 0 Å². The fourth-order valence-electron chi connectivity index (χ4n) is 5.12. The van der Waals surface area contributed by atoms with Crippen LogP contribution in [0.25, 0.3) is 0 Å². The maximum atomic E-state index is 11.2. The van der Waals surface area contributed by atoms with E-state index in [9.17, 15) is 5.11 Å². The van der Waals surface area contributed by atoms with Gasteiger partial charge in [-0.2, -0.15) is 0 Å². The zero-order valence-electron chi connectivity index (χ0n) is 10.8. The lowest BCUT2D eigenvalue weighted by molar-refractivity contribution is -0.171. The van der Waals surface area contributed by atoms with Crippen molar-refractivity contribution < 1.29 is 5.11 Å². The standard InChI is InChI=1S/C16H21NO/c18-16(9-11-2-1-3-17-10-11)14-5-12-4-13(7-14)8-15(16)6-12/h1-3,10,12-15,18H,4-9H2. The lowest BCUT2D eigenvalue weighted by atomic mass is 9.49. The molecule has 4 fully saturated rings. The Labute approximate surface area is 108 Å². The fourth-order valence-corrected chi connectivity index (χ4v) is 5.12. The van der Waals surface area contributed by atoms with Crippen LogP contribution in [0.5, 0.6) is 0 Å². The van der Waals surface area contributed by atoms with Crippen molar-refractivity contribution in [3.63, 3.8) is 0 Å². The molecule has 2 nitrogen and oxygen atoms in total. The highest BCUT2D eigenvalue weighted by atomic mass is 16.3. The van der Waals surface area contributed by atoms with Crippen LogP contribution in [0.4, 0.5) is 0 Å². The van der Waals surface area contributed by atoms with Gasteiger partial charge in [0.05, 0.1) is 5.60 Å². The van der Waals surface area contributed by atoms with E-state index in [2.05, 4.69) is 11.1 Å². The van der Waals surface area contributed by atoms with Crippen molar-refractivity contribution >= 4 is 0 Å². The summed E-state index contributed by atoms with van der Waals surface area (Å²) in [5.41, 5.74) is 0.767. The average molecular weight is 243 g/mol. The average Bonchev–Trinajstić information content (AvgIpc) is 2.37. The molecular weight excluding hydrogens is 222 g/mol. The molecule has 0 aromatic carbocycles. The predicted molar refractivity (Wildman–Crippen MR) is 69.9 cm³/mol. The summed E-state index contributed by atoms with van der Waals surface area (Å²) in [5, 5.41) is 11.2. The lowest BCUT2D eigenvalue weighted by Gasteiger charge is -2.59. The van der Waals surface area contributed by atoms with Crippen LogP contribution in [0, 0.1) is 23.7 Å². The van der Waals surface area contributed by atoms with Gasteiger partial charge in [-0.25, -0.2) is 0 Å². The highest BCUT2D eigenvalue weighted by Crippen LogP contribution is 2.58. The third kappa shape index (κ3) is 1.55. The second kappa shape index (κ2) is 3.80. The van der Waals surface area contributed by atoms with E-state index in [1.54, 1.807) is 0 Å². The second-order valence-electron chi connectivity index (χ2n) is 6.83. The molecule has 4 aliphatic rings. The Balaban J connectivity index is 1.63. The van der Waals surface area contributed by atoms with Crippen molar-refractivity contribution in [2.45, 2.75) is 44.1 Å². The van der Waals surface area contributed by atoms with E-state index in [-0.39, 0.29) is 0 Å². The molecule has 4 saturated carbocycles. The molecule has 0 saturated heterocycles. The zero-order chi connectivity index (χ0) is 12.2. The van der Waals surface area contributed by atoms with Crippen LogP contribution in [-0.2, 0) is 6.42 Å². The topological polar surface area (TPSA) is 33.1 Å². The van der Waals surface area contributed by atoms with E-state index < -0.39 is 5.60 Å². The van der Waals surface area contributed by atoms with Gasteiger partial charge >= 0.3 is 0 Å². The molecule has 0 radical (unpaired) electrons. The summed E-state index contributed by atoms with van der Waals surface area (Å²) in [5.74, 6) is 2.94. The minimum Gasteiger partial charge on any atom is -0.389 e. The van der Waals surface area contributed by atoms with Crippen molar-refractivity contribution in [3.05, 3.63) is 30.1 Å². The molecule has 1 aromatic heterocycles. The molecule has 0 aliphatic heterocycles. The summed E-state index contributed by atoms with van der Waals surface area (Å²) >= 11 is 0. The summed E-state index contributed by atoms with van der Waals surface area (Å²) in [6, 6.07) is 4.09. The van der Waals surface area contributed by atoms with Gasteiger partial charge in [0.2, 0.25) is 0 Å². The Morgan fingerprint density at radius 2 is 1.78 bits per heavy atom. The van der Waals surface area contributed by atoms with Crippen LogP contribution in [-0.4, -0.2) is 15.7 Å². The van der Waals surface area contributed by atoms with Crippen LogP contribution in [0.2, 0.25) is 0 Å². The Morgan fingerprint density at radius 1 is 1.11 bits per heavy atom. The number of nitrogens with zero attached hydrogens (tertiary/aromatic N) is 1. The largest absolute Gasteiger partial charge is 0.389 e. The Hall–Kier alpha value is -0.890. The predicted octanol–water partition coefficient (Wildman–Crippen LogP) is 2.81. The van der Waals surface area contributed by atoms with Gasteiger partial charge in [-0.05, 0) is 67.4 Å². The van der Waals surface area contributed by atoms with Crippen molar-refractivity contribution in [1.82, 2.24) is 4.98 Å². The minimum absolute atomic E-state index is 0.434. The first-order chi connectivity index (χ1) is 8.74. The smallest absolute Gasteiger partial charge is 0.0744 e. The Morgan fingerprint density at radius 3 is 2.33 bits per heavy atom. The second-order valence-corrected chi connectivity index (χ2v) is 6.83. The maximum Gasteiger partial charge on any atom is 0.0744 e. The van der Waals surface area contributed by atoms with Crippen LogP contribution in [0.3, 0.4) is 0 Å². The zero-order valence-corrected chi connectivity index (χ0v) is 10.8. The molecule has 5 rings (SSSR count). The summed E-state index contributed by atoms with van der Waals surface area (Å²) in [7, 11) is 0. The summed E-state index contributed by atoms with van der Waals surface area (Å²) < 4.78 is 0. The summed E-state index contributed by atoms with van der Waals surface area (Å²) in [6.07, 6.45) is 11.1. The Kier molecular flexibility index (Phi) is 2.32. The molecule has 96 valence electrons. The van der Waals surface area contributed by atoms with Crippen LogP contribution in [0.15, 0.2) is 24.5 Å². The number of pyridine rings is 1. The van der Waals surface area contributed by atoms with Gasteiger partial charge in [-0.1, -0.05) is 6.07 Å². The van der Waals surface area contributed by atoms with Gasteiger partial charge in [-0.15, -0.1) is 0 Å². The minimum atomic E-state index is -0.434. The molecule has 0 unspecified atom stereocenters. The van der Waals surface area contributed by atoms with Gasteiger partial charge < -0.3 is 5.11 Å². The third-order valence-corrected chi connectivity index (χ3v) is 5.76. The van der Waals surface area contributed by atoms with Gasteiger partial charge in [0.15, 0.2) is 0 Å². The van der Waals surface area contributed by atoms with Crippen molar-refractivity contribution in [2.75, 3.05) is 0 Å². The van der Waals surface area contributed by atoms with Crippen molar-refractivity contribution in [3.8, 4) is 0 Å². The molecule has 1 aromatic rings. The molecule has 2 heteroatoms. The molecule has 1 N–H and O–H groups in total. The molecule has 4 bridgehead atoms. The number of aromatic nitrogens is 1. The van der Waals surface area contributed by atoms with Gasteiger partial charge in [0.25, 0.3) is 0 Å². The Bertz CT molecular complexity index is 414. The molecule has 18 heavy (non-hydrogen) atoms. The monoisotopic (exact) mass is 243 g/mol. The number of aliphatic hydroxyl groups is 1. The molecule has 4 aliphatic carbocycles. The number of rotatable bonds is 2. The highest BCUT2D eigenvalue weighted by molar-refractivity contribution is 5.17. The first-order valence-electron chi connectivity index (χ1n) is 7.35. The molecule has 0 spiro atoms. The quantitative estimate of drug-likeness (QED) is 0.866. The van der Waals surface area contributed by atoms with Gasteiger partial charge in [0, 0.05) is 18.8 Å². The summed E-state index contributed by atoms with van der Waals surface area (Å²) in [6.45, 7) is 0. The first-order valence-corrected chi connectivity index (χ1v) is 7.35. The van der Waals surface area contributed by atoms with E-state index in [0.29, 0.717) is 11.8 Å². The van der Waals surface area contributed by atoms with Crippen LogP contribution < -0.4 is 0 Å². The maximum absolute atomic E-state index is 11.2. The highest BCUT2D eigenvalue weighted by Gasteiger charge is 2.56. The molecule has 1 heterocycles. The first kappa shape index (κ1) is 11.0. The molecule has 0 amide bonds. The molecule has 0 atom stereocenters. The van der Waals surface area contributed by atoms with Gasteiger partial charge in [0.1, 0.15) is 0 Å². The van der Waals surface area contributed by atoms with E-state index in [0.717, 1.165) is 18.3 Å². The number of hydrogen-bond acceptors (Lipinski definition) is 2. The SMILES string of the molecule is OC1(Cc2cccnc2)C2CC3CC(C2)CC1C3. The normalized spacial score (nSPS) is 45.4.